The molecule has 2 aromatic rings. The summed E-state index contributed by atoms with van der Waals surface area (Å²) in [6.07, 6.45) is -1.96. The molecule has 2 aromatic carbocycles. The highest BCUT2D eigenvalue weighted by Crippen LogP contribution is 2.43. The van der Waals surface area contributed by atoms with Crippen LogP contribution in [0.5, 0.6) is 0 Å². The summed E-state index contributed by atoms with van der Waals surface area (Å²) < 4.78 is 38.4. The number of halogens is 3. The first-order valence-corrected chi connectivity index (χ1v) is 9.95. The predicted molar refractivity (Wildman–Crippen MR) is 113 cm³/mol. The van der Waals surface area contributed by atoms with Crippen molar-refractivity contribution in [3.63, 3.8) is 0 Å². The van der Waals surface area contributed by atoms with E-state index in [2.05, 4.69) is 55.3 Å². The highest BCUT2D eigenvalue weighted by molar-refractivity contribution is 5.95. The third-order valence-corrected chi connectivity index (χ3v) is 5.56. The highest BCUT2D eigenvalue weighted by atomic mass is 19.4. The van der Waals surface area contributed by atoms with Crippen LogP contribution in [0.3, 0.4) is 0 Å². The molecule has 7 heteroatoms. The number of nitrogens with one attached hydrogen (secondary N) is 1. The maximum Gasteiger partial charge on any atom is 0.416 e. The van der Waals surface area contributed by atoms with Crippen molar-refractivity contribution >= 4 is 17.8 Å². The molecule has 30 heavy (non-hydrogen) atoms. The molecular weight excluding hydrogens is 391 g/mol. The van der Waals surface area contributed by atoms with Crippen LogP contribution in [0.1, 0.15) is 67.1 Å². The smallest absolute Gasteiger partial charge is 0.366 e. The fourth-order valence-electron chi connectivity index (χ4n) is 4.25. The first-order chi connectivity index (χ1) is 14.0. The third-order valence-electron chi connectivity index (χ3n) is 5.56. The molecular formula is C23H26F3N3O. The molecule has 3 rings (SSSR count). The van der Waals surface area contributed by atoms with E-state index in [1.54, 1.807) is 0 Å². The van der Waals surface area contributed by atoms with Crippen LogP contribution in [0.4, 0.5) is 18.9 Å². The number of amides is 1. The lowest BCUT2D eigenvalue weighted by Crippen LogP contribution is -2.48. The number of alkyl halides is 3. The molecule has 0 aromatic heterocycles. The summed E-state index contributed by atoms with van der Waals surface area (Å²) in [6, 6.07) is 10.3. The van der Waals surface area contributed by atoms with Gasteiger partial charge in [0.2, 0.25) is 0 Å². The number of benzene rings is 2. The number of hydrogen-bond donors (Lipinski definition) is 1. The zero-order chi connectivity index (χ0) is 22.1. The van der Waals surface area contributed by atoms with E-state index in [9.17, 15) is 18.0 Å². The van der Waals surface area contributed by atoms with Crippen molar-refractivity contribution in [3.05, 3.63) is 64.7 Å². The fourth-order valence-corrected chi connectivity index (χ4v) is 4.25. The molecule has 0 spiro atoms. The number of fused-ring (bicyclic) bond motifs is 1. The van der Waals surface area contributed by atoms with Gasteiger partial charge in [0, 0.05) is 23.3 Å². The molecule has 0 unspecified atom stereocenters. The van der Waals surface area contributed by atoms with Gasteiger partial charge in [-0.1, -0.05) is 19.1 Å². The van der Waals surface area contributed by atoms with Gasteiger partial charge in [0.05, 0.1) is 11.8 Å². The summed E-state index contributed by atoms with van der Waals surface area (Å²) in [7, 11) is 0. The molecule has 0 saturated heterocycles. The molecule has 0 radical (unpaired) electrons. The normalized spacial score (nSPS) is 18.4. The summed E-state index contributed by atoms with van der Waals surface area (Å²) in [4.78, 5) is 14.5. The Morgan fingerprint density at radius 2 is 2.00 bits per heavy atom. The van der Waals surface area contributed by atoms with Crippen molar-refractivity contribution in [1.29, 1.82) is 0 Å². The largest absolute Gasteiger partial charge is 0.416 e. The number of hydrazone groups is 1. The Labute approximate surface area is 174 Å². The average Bonchev–Trinajstić information content (AvgIpc) is 2.67. The SMILES string of the molecule is CCN1c2ccc(/C=N\NC(=O)c3cccc(C(F)(F)F)c3)cc2[C@H](C)CC1(C)C. The number of anilines is 1. The van der Waals surface area contributed by atoms with E-state index in [1.165, 1.54) is 29.6 Å². The van der Waals surface area contributed by atoms with Crippen LogP contribution in [-0.4, -0.2) is 24.2 Å². The average molecular weight is 417 g/mol. The molecule has 1 aliphatic rings. The van der Waals surface area contributed by atoms with Gasteiger partial charge in [-0.25, -0.2) is 5.43 Å². The lowest BCUT2D eigenvalue weighted by Gasteiger charge is -2.47. The molecule has 1 atom stereocenters. The van der Waals surface area contributed by atoms with Gasteiger partial charge >= 0.3 is 6.18 Å². The Hall–Kier alpha value is -2.83. The van der Waals surface area contributed by atoms with Gasteiger partial charge in [0.1, 0.15) is 0 Å². The second-order valence-electron chi connectivity index (χ2n) is 8.26. The second kappa shape index (κ2) is 8.13. The van der Waals surface area contributed by atoms with Crippen molar-refractivity contribution in [2.75, 3.05) is 11.4 Å². The number of nitrogens with zero attached hydrogens (tertiary/aromatic N) is 2. The van der Waals surface area contributed by atoms with E-state index in [1.807, 2.05) is 6.07 Å². The van der Waals surface area contributed by atoms with Crippen LogP contribution >= 0.6 is 0 Å². The van der Waals surface area contributed by atoms with Crippen LogP contribution in [0.2, 0.25) is 0 Å². The number of carbonyl (C=O) groups excluding carboxylic acids is 1. The van der Waals surface area contributed by atoms with Crippen LogP contribution in [0.25, 0.3) is 0 Å². The Morgan fingerprint density at radius 3 is 2.67 bits per heavy atom. The minimum atomic E-state index is -4.50. The third kappa shape index (κ3) is 4.50. The van der Waals surface area contributed by atoms with Crippen LogP contribution in [-0.2, 0) is 6.18 Å². The predicted octanol–water partition coefficient (Wildman–Crippen LogP) is 5.58. The molecule has 0 saturated carbocycles. The van der Waals surface area contributed by atoms with E-state index in [-0.39, 0.29) is 11.1 Å². The summed E-state index contributed by atoms with van der Waals surface area (Å²) in [5.41, 5.74) is 4.66. The molecule has 160 valence electrons. The molecule has 0 bridgehead atoms. The fraction of sp³-hybridized carbons (Fsp3) is 0.391. The minimum Gasteiger partial charge on any atom is -0.366 e. The van der Waals surface area contributed by atoms with Crippen molar-refractivity contribution in [3.8, 4) is 0 Å². The number of hydrogen-bond acceptors (Lipinski definition) is 3. The Bertz CT molecular complexity index is 966. The number of rotatable bonds is 4. The number of carbonyl (C=O) groups is 1. The van der Waals surface area contributed by atoms with Crippen LogP contribution < -0.4 is 10.3 Å². The molecule has 1 N–H and O–H groups in total. The molecule has 1 heterocycles. The van der Waals surface area contributed by atoms with Gasteiger partial charge in [0.15, 0.2) is 0 Å². The summed E-state index contributed by atoms with van der Waals surface area (Å²) in [6.45, 7) is 9.74. The van der Waals surface area contributed by atoms with E-state index in [4.69, 9.17) is 0 Å². The Balaban J connectivity index is 1.75. The van der Waals surface area contributed by atoms with Crippen molar-refractivity contribution in [2.45, 2.75) is 51.7 Å². The standard InChI is InChI=1S/C23H26F3N3O/c1-5-29-20-10-9-16(11-19(20)15(2)13-22(29,3)4)14-27-28-21(30)17-7-6-8-18(12-17)23(24,25)26/h6-12,14-15H,5,13H2,1-4H3,(H,28,30)/b27-14-/t15-/m1/s1. The van der Waals surface area contributed by atoms with Gasteiger partial charge in [-0.15, -0.1) is 0 Å². The monoisotopic (exact) mass is 417 g/mol. The second-order valence-corrected chi connectivity index (χ2v) is 8.26. The van der Waals surface area contributed by atoms with Crippen molar-refractivity contribution in [2.24, 2.45) is 5.10 Å². The van der Waals surface area contributed by atoms with Gasteiger partial charge in [-0.3, -0.25) is 4.79 Å². The molecule has 1 amide bonds. The van der Waals surface area contributed by atoms with Gasteiger partial charge in [-0.05, 0) is 74.6 Å². The lowest BCUT2D eigenvalue weighted by molar-refractivity contribution is -0.137. The molecule has 0 fully saturated rings. The Kier molecular flexibility index (Phi) is 5.92. The van der Waals surface area contributed by atoms with Gasteiger partial charge in [0.25, 0.3) is 5.91 Å². The maximum atomic E-state index is 12.8. The minimum absolute atomic E-state index is 0.0791. The first-order valence-electron chi connectivity index (χ1n) is 9.95. The molecule has 4 nitrogen and oxygen atoms in total. The summed E-state index contributed by atoms with van der Waals surface area (Å²) >= 11 is 0. The van der Waals surface area contributed by atoms with E-state index in [0.717, 1.165) is 30.7 Å². The zero-order valence-corrected chi connectivity index (χ0v) is 17.5. The zero-order valence-electron chi connectivity index (χ0n) is 17.5. The van der Waals surface area contributed by atoms with Crippen LogP contribution in [0.15, 0.2) is 47.6 Å². The quantitative estimate of drug-likeness (QED) is 0.521. The summed E-state index contributed by atoms with van der Waals surface area (Å²) in [5.74, 6) is -0.312. The first kappa shape index (κ1) is 21.9. The topological polar surface area (TPSA) is 44.7 Å². The van der Waals surface area contributed by atoms with Gasteiger partial charge in [-0.2, -0.15) is 18.3 Å². The van der Waals surface area contributed by atoms with E-state index in [0.29, 0.717) is 5.92 Å². The van der Waals surface area contributed by atoms with E-state index < -0.39 is 17.6 Å². The van der Waals surface area contributed by atoms with Gasteiger partial charge < -0.3 is 4.90 Å². The van der Waals surface area contributed by atoms with Crippen molar-refractivity contribution in [1.82, 2.24) is 5.43 Å². The molecule has 1 aliphatic heterocycles. The lowest BCUT2D eigenvalue weighted by atomic mass is 9.79. The Morgan fingerprint density at radius 1 is 1.27 bits per heavy atom. The van der Waals surface area contributed by atoms with Crippen molar-refractivity contribution < 1.29 is 18.0 Å². The highest BCUT2D eigenvalue weighted by Gasteiger charge is 2.35. The molecule has 0 aliphatic carbocycles. The van der Waals surface area contributed by atoms with Crippen LogP contribution in [0, 0.1) is 0 Å². The van der Waals surface area contributed by atoms with E-state index >= 15 is 0 Å². The maximum absolute atomic E-state index is 12.8. The summed E-state index contributed by atoms with van der Waals surface area (Å²) in [5, 5.41) is 3.93.